The average molecular weight is 356 g/mol. The van der Waals surface area contributed by atoms with Crippen molar-refractivity contribution in [3.05, 3.63) is 68.9 Å². The zero-order valence-electron chi connectivity index (χ0n) is 14.4. The second-order valence-electron chi connectivity index (χ2n) is 5.77. The Morgan fingerprint density at radius 1 is 1.42 bits per heavy atom. The Kier molecular flexibility index (Phi) is 4.92. The largest absolute Gasteiger partial charge is 0.494 e. The molecule has 0 bridgehead atoms. The summed E-state index contributed by atoms with van der Waals surface area (Å²) in [5.74, 6) is 0.316. The predicted octanol–water partition coefficient (Wildman–Crippen LogP) is 1.27. The van der Waals surface area contributed by atoms with Crippen LogP contribution in [0.3, 0.4) is 0 Å². The van der Waals surface area contributed by atoms with Crippen molar-refractivity contribution >= 4 is 5.71 Å². The lowest BCUT2D eigenvalue weighted by Gasteiger charge is -2.15. The van der Waals surface area contributed by atoms with Crippen molar-refractivity contribution < 1.29 is 9.84 Å². The molecule has 0 aliphatic carbocycles. The van der Waals surface area contributed by atoms with Gasteiger partial charge in [0.15, 0.2) is 0 Å². The summed E-state index contributed by atoms with van der Waals surface area (Å²) in [5, 5.41) is 14.6. The van der Waals surface area contributed by atoms with Crippen molar-refractivity contribution in [1.82, 2.24) is 15.0 Å². The van der Waals surface area contributed by atoms with E-state index in [1.165, 1.54) is 6.08 Å². The summed E-state index contributed by atoms with van der Waals surface area (Å²) in [6, 6.07) is 7.36. The highest BCUT2D eigenvalue weighted by Gasteiger charge is 2.28. The smallest absolute Gasteiger partial charge is 0.331 e. The van der Waals surface area contributed by atoms with Gasteiger partial charge in [0, 0.05) is 18.5 Å². The average Bonchev–Trinajstić information content (AvgIpc) is 3.08. The Morgan fingerprint density at radius 3 is 2.92 bits per heavy atom. The number of aromatic hydroxyl groups is 1. The second-order valence-corrected chi connectivity index (χ2v) is 5.77. The van der Waals surface area contributed by atoms with Crippen molar-refractivity contribution in [3.63, 3.8) is 0 Å². The van der Waals surface area contributed by atoms with Crippen LogP contribution in [0.5, 0.6) is 11.6 Å². The monoisotopic (exact) mass is 356 g/mol. The number of aromatic amines is 1. The van der Waals surface area contributed by atoms with Gasteiger partial charge in [0.2, 0.25) is 5.88 Å². The molecular formula is C18H20N4O4. The van der Waals surface area contributed by atoms with Crippen molar-refractivity contribution in [2.24, 2.45) is 5.10 Å². The lowest BCUT2D eigenvalue weighted by Crippen LogP contribution is -2.33. The Bertz CT molecular complexity index is 974. The van der Waals surface area contributed by atoms with Gasteiger partial charge in [-0.1, -0.05) is 24.3 Å². The molecule has 26 heavy (non-hydrogen) atoms. The fraction of sp³-hybridized carbons (Fsp3) is 0.278. The van der Waals surface area contributed by atoms with Crippen molar-refractivity contribution in [3.8, 4) is 11.6 Å². The number of nitrogens with one attached hydrogen (secondary N) is 2. The van der Waals surface area contributed by atoms with Gasteiger partial charge in [-0.2, -0.15) is 5.10 Å². The summed E-state index contributed by atoms with van der Waals surface area (Å²) < 4.78 is 6.68. The van der Waals surface area contributed by atoms with Crippen LogP contribution < -0.4 is 21.4 Å². The van der Waals surface area contributed by atoms with Gasteiger partial charge in [-0.15, -0.1) is 6.58 Å². The Hall–Kier alpha value is -3.29. The van der Waals surface area contributed by atoms with Crippen LogP contribution in [-0.2, 0) is 6.54 Å². The molecule has 1 aromatic carbocycles. The summed E-state index contributed by atoms with van der Waals surface area (Å²) in [6.45, 7) is 6.06. The lowest BCUT2D eigenvalue weighted by molar-refractivity contribution is 0.332. The number of aromatic nitrogens is 2. The van der Waals surface area contributed by atoms with Gasteiger partial charge in [-0.3, -0.25) is 14.3 Å². The molecule has 3 rings (SSSR count). The minimum absolute atomic E-state index is 0.0182. The van der Waals surface area contributed by atoms with Crippen LogP contribution in [0.4, 0.5) is 0 Å². The Labute approximate surface area is 149 Å². The molecule has 136 valence electrons. The quantitative estimate of drug-likeness (QED) is 0.675. The second kappa shape index (κ2) is 7.30. The maximum Gasteiger partial charge on any atom is 0.331 e. The van der Waals surface area contributed by atoms with Gasteiger partial charge in [0.1, 0.15) is 11.3 Å². The van der Waals surface area contributed by atoms with E-state index < -0.39 is 17.1 Å². The maximum atomic E-state index is 12.2. The van der Waals surface area contributed by atoms with E-state index >= 15 is 0 Å². The molecule has 1 aliphatic rings. The number of ether oxygens (including phenoxy) is 1. The fourth-order valence-electron chi connectivity index (χ4n) is 2.95. The minimum atomic E-state index is -0.694. The van der Waals surface area contributed by atoms with E-state index in [4.69, 9.17) is 4.74 Å². The standard InChI is InChI=1S/C18H20N4O4/c1-3-9-22-17(24)15(16(23)19-18(22)25)13-10-12(20-21-13)11-7-5-6-8-14(11)26-4-2/h3,5-8,12,20,24H,1,4,9-10H2,2H3,(H,19,23,25)/t12-/m1/s1. The zero-order chi connectivity index (χ0) is 18.7. The molecule has 0 saturated carbocycles. The summed E-state index contributed by atoms with van der Waals surface area (Å²) in [4.78, 5) is 26.3. The molecule has 8 nitrogen and oxygen atoms in total. The first-order chi connectivity index (χ1) is 12.6. The van der Waals surface area contributed by atoms with Gasteiger partial charge in [-0.05, 0) is 13.0 Å². The Balaban J connectivity index is 1.95. The van der Waals surface area contributed by atoms with Crippen LogP contribution in [0.2, 0.25) is 0 Å². The zero-order valence-corrected chi connectivity index (χ0v) is 14.4. The molecule has 2 heterocycles. The number of nitrogens with zero attached hydrogens (tertiary/aromatic N) is 2. The normalized spacial score (nSPS) is 16.0. The van der Waals surface area contributed by atoms with Crippen LogP contribution in [0.25, 0.3) is 0 Å². The molecule has 1 aromatic heterocycles. The van der Waals surface area contributed by atoms with Crippen molar-refractivity contribution in [1.29, 1.82) is 0 Å². The van der Waals surface area contributed by atoms with Gasteiger partial charge in [0.25, 0.3) is 5.56 Å². The van der Waals surface area contributed by atoms with Crippen LogP contribution in [0.1, 0.15) is 30.5 Å². The summed E-state index contributed by atoms with van der Waals surface area (Å²) >= 11 is 0. The van der Waals surface area contributed by atoms with E-state index in [2.05, 4.69) is 22.1 Å². The number of hydrogen-bond acceptors (Lipinski definition) is 6. The number of hydrazone groups is 1. The molecule has 0 unspecified atom stereocenters. The molecule has 0 amide bonds. The van der Waals surface area contributed by atoms with E-state index in [0.717, 1.165) is 15.9 Å². The van der Waals surface area contributed by atoms with E-state index in [1.807, 2.05) is 31.2 Å². The SMILES string of the molecule is C=CCn1c(O)c(C2=NN[C@@H](c3ccccc3OCC)C2)c(=O)[nH]c1=O. The molecule has 1 atom stereocenters. The van der Waals surface area contributed by atoms with Gasteiger partial charge >= 0.3 is 5.69 Å². The number of hydrogen-bond donors (Lipinski definition) is 3. The summed E-state index contributed by atoms with van der Waals surface area (Å²) in [7, 11) is 0. The first kappa shape index (κ1) is 17.5. The lowest BCUT2D eigenvalue weighted by atomic mass is 9.99. The summed E-state index contributed by atoms with van der Waals surface area (Å²) in [6.07, 6.45) is 1.83. The van der Waals surface area contributed by atoms with E-state index in [1.54, 1.807) is 0 Å². The highest BCUT2D eigenvalue weighted by Crippen LogP contribution is 2.31. The predicted molar refractivity (Wildman–Crippen MR) is 97.8 cm³/mol. The third-order valence-electron chi connectivity index (χ3n) is 4.12. The Morgan fingerprint density at radius 2 is 2.19 bits per heavy atom. The van der Waals surface area contributed by atoms with Crippen LogP contribution in [-0.4, -0.2) is 27.0 Å². The van der Waals surface area contributed by atoms with E-state index in [9.17, 15) is 14.7 Å². The topological polar surface area (TPSA) is 109 Å². The molecule has 8 heteroatoms. The third-order valence-corrected chi connectivity index (χ3v) is 4.12. The molecular weight excluding hydrogens is 336 g/mol. The van der Waals surface area contributed by atoms with E-state index in [-0.39, 0.29) is 18.2 Å². The van der Waals surface area contributed by atoms with Crippen LogP contribution >= 0.6 is 0 Å². The number of rotatable bonds is 6. The third kappa shape index (κ3) is 3.13. The number of benzene rings is 1. The first-order valence-electron chi connectivity index (χ1n) is 8.28. The van der Waals surface area contributed by atoms with Crippen molar-refractivity contribution in [2.45, 2.75) is 25.9 Å². The highest BCUT2D eigenvalue weighted by atomic mass is 16.5. The first-order valence-corrected chi connectivity index (χ1v) is 8.28. The van der Waals surface area contributed by atoms with Gasteiger partial charge in [0.05, 0.1) is 18.4 Å². The van der Waals surface area contributed by atoms with Gasteiger partial charge in [-0.25, -0.2) is 4.79 Å². The van der Waals surface area contributed by atoms with Crippen LogP contribution in [0.15, 0.2) is 51.6 Å². The minimum Gasteiger partial charge on any atom is -0.494 e. The molecule has 1 aliphatic heterocycles. The van der Waals surface area contributed by atoms with E-state index in [0.29, 0.717) is 18.7 Å². The molecule has 0 spiro atoms. The molecule has 2 aromatic rings. The molecule has 3 N–H and O–H groups in total. The van der Waals surface area contributed by atoms with Crippen molar-refractivity contribution in [2.75, 3.05) is 6.61 Å². The fourth-order valence-corrected chi connectivity index (χ4v) is 2.95. The van der Waals surface area contributed by atoms with Crippen LogP contribution in [0, 0.1) is 0 Å². The number of allylic oxidation sites excluding steroid dienone is 1. The molecule has 0 radical (unpaired) electrons. The number of para-hydroxylation sites is 1. The molecule has 0 fully saturated rings. The highest BCUT2D eigenvalue weighted by molar-refractivity contribution is 6.03. The molecule has 0 saturated heterocycles. The summed E-state index contributed by atoms with van der Waals surface area (Å²) in [5.41, 5.74) is 2.87. The maximum absolute atomic E-state index is 12.2. The number of H-pyrrole nitrogens is 1. The van der Waals surface area contributed by atoms with Gasteiger partial charge < -0.3 is 15.3 Å².